The predicted octanol–water partition coefficient (Wildman–Crippen LogP) is 2.64. The minimum Gasteiger partial charge on any atom is -0.480 e. The summed E-state index contributed by atoms with van der Waals surface area (Å²) in [5, 5.41) is 22.6. The first-order chi connectivity index (χ1) is 12.6. The number of nitriles is 1. The molecular weight excluding hydrogens is 365 g/mol. The zero-order chi connectivity index (χ0) is 20.2. The van der Waals surface area contributed by atoms with Crippen molar-refractivity contribution in [2.24, 2.45) is 0 Å². The lowest BCUT2D eigenvalue weighted by molar-refractivity contribution is -0.139. The highest BCUT2D eigenvalue weighted by atomic mass is 19.4. The number of alkyl halides is 3. The summed E-state index contributed by atoms with van der Waals surface area (Å²) in [6.45, 7) is 2.34. The molecule has 1 fully saturated rings. The molecule has 1 aromatic carbocycles. The van der Waals surface area contributed by atoms with Crippen LogP contribution in [0.15, 0.2) is 18.2 Å². The Morgan fingerprint density at radius 1 is 1.37 bits per heavy atom. The molecule has 1 aliphatic rings. The third kappa shape index (κ3) is 5.34. The number of nitrogens with one attached hydrogen (secondary N) is 2. The Hall–Kier alpha value is -2.80. The molecular formula is C17H19F3N4O3. The van der Waals surface area contributed by atoms with E-state index in [-0.39, 0.29) is 24.3 Å². The van der Waals surface area contributed by atoms with E-state index in [1.165, 1.54) is 12.1 Å². The Morgan fingerprint density at radius 2 is 2.04 bits per heavy atom. The van der Waals surface area contributed by atoms with Gasteiger partial charge in [0.15, 0.2) is 0 Å². The second-order valence-electron chi connectivity index (χ2n) is 6.25. The standard InChI is InChI=1S/C17H19F3N4O3/c1-2-24(9-15(25)26)13-5-12(6-13)23-16(27)22-11-4-3-10(8-21)14(7-11)17(18,19)20/h3-4,7,12-13H,2,5-6,9H2,1H3,(H,25,26)(H2,22,23,27). The van der Waals surface area contributed by atoms with Gasteiger partial charge in [0.05, 0.1) is 23.7 Å². The van der Waals surface area contributed by atoms with Crippen LogP contribution in [0, 0.1) is 11.3 Å². The monoisotopic (exact) mass is 384 g/mol. The quantitative estimate of drug-likeness (QED) is 0.699. The highest BCUT2D eigenvalue weighted by molar-refractivity contribution is 5.89. The molecule has 0 bridgehead atoms. The number of carbonyl (C=O) groups is 2. The second-order valence-corrected chi connectivity index (χ2v) is 6.25. The van der Waals surface area contributed by atoms with Crippen molar-refractivity contribution in [1.82, 2.24) is 10.2 Å². The van der Waals surface area contributed by atoms with Crippen LogP contribution < -0.4 is 10.6 Å². The minimum atomic E-state index is -4.70. The largest absolute Gasteiger partial charge is 0.480 e. The van der Waals surface area contributed by atoms with Crippen molar-refractivity contribution in [1.29, 1.82) is 5.26 Å². The Balaban J connectivity index is 1.91. The van der Waals surface area contributed by atoms with E-state index in [1.54, 1.807) is 4.90 Å². The maximum atomic E-state index is 12.9. The topological polar surface area (TPSA) is 105 Å². The first kappa shape index (κ1) is 20.5. The number of benzene rings is 1. The number of carboxylic acids is 1. The van der Waals surface area contributed by atoms with E-state index in [2.05, 4.69) is 10.6 Å². The maximum absolute atomic E-state index is 12.9. The number of urea groups is 1. The van der Waals surface area contributed by atoms with Gasteiger partial charge in [0, 0.05) is 17.8 Å². The van der Waals surface area contributed by atoms with Crippen LogP contribution in [0.3, 0.4) is 0 Å². The van der Waals surface area contributed by atoms with Gasteiger partial charge < -0.3 is 15.7 Å². The number of rotatable bonds is 6. The molecule has 27 heavy (non-hydrogen) atoms. The van der Waals surface area contributed by atoms with E-state index in [0.717, 1.165) is 6.07 Å². The van der Waals surface area contributed by atoms with Gasteiger partial charge in [-0.2, -0.15) is 18.4 Å². The van der Waals surface area contributed by atoms with Crippen LogP contribution in [0.1, 0.15) is 30.9 Å². The number of anilines is 1. The first-order valence-corrected chi connectivity index (χ1v) is 8.28. The van der Waals surface area contributed by atoms with Crippen LogP contribution >= 0.6 is 0 Å². The highest BCUT2D eigenvalue weighted by Gasteiger charge is 2.35. The van der Waals surface area contributed by atoms with Crippen LogP contribution in [-0.2, 0) is 11.0 Å². The molecule has 3 N–H and O–H groups in total. The summed E-state index contributed by atoms with van der Waals surface area (Å²) in [6.07, 6.45) is -3.57. The number of amides is 2. The molecule has 0 radical (unpaired) electrons. The van der Waals surface area contributed by atoms with E-state index in [0.29, 0.717) is 25.5 Å². The lowest BCUT2D eigenvalue weighted by Gasteiger charge is -2.42. The summed E-state index contributed by atoms with van der Waals surface area (Å²) in [4.78, 5) is 24.6. The predicted molar refractivity (Wildman–Crippen MR) is 90.0 cm³/mol. The maximum Gasteiger partial charge on any atom is 0.417 e. The second kappa shape index (κ2) is 8.26. The Kier molecular flexibility index (Phi) is 6.28. The number of carboxylic acid groups (broad SMARTS) is 1. The van der Waals surface area contributed by atoms with Crippen LogP contribution in [-0.4, -0.2) is 47.2 Å². The average Bonchev–Trinajstić information content (AvgIpc) is 2.55. The van der Waals surface area contributed by atoms with Crippen molar-refractivity contribution in [2.75, 3.05) is 18.4 Å². The normalized spacial score (nSPS) is 19.1. The molecule has 1 aliphatic carbocycles. The Labute approximate surface area is 153 Å². The van der Waals surface area contributed by atoms with Gasteiger partial charge in [0.1, 0.15) is 0 Å². The first-order valence-electron chi connectivity index (χ1n) is 8.28. The molecule has 0 unspecified atom stereocenters. The lowest BCUT2D eigenvalue weighted by Crippen LogP contribution is -2.55. The van der Waals surface area contributed by atoms with Gasteiger partial charge in [-0.05, 0) is 37.6 Å². The summed E-state index contributed by atoms with van der Waals surface area (Å²) in [6, 6.07) is 3.62. The molecule has 1 saturated carbocycles. The molecule has 0 atom stereocenters. The summed E-state index contributed by atoms with van der Waals surface area (Å²) in [5.41, 5.74) is -1.71. The number of likely N-dealkylation sites (N-methyl/N-ethyl adjacent to an activating group) is 1. The van der Waals surface area contributed by atoms with Gasteiger partial charge in [-0.15, -0.1) is 0 Å². The zero-order valence-electron chi connectivity index (χ0n) is 14.5. The average molecular weight is 384 g/mol. The van der Waals surface area contributed by atoms with E-state index in [1.807, 2.05) is 6.92 Å². The minimum absolute atomic E-state index is 0.0446. The van der Waals surface area contributed by atoms with Crippen molar-refractivity contribution >= 4 is 17.7 Å². The van der Waals surface area contributed by atoms with Crippen molar-refractivity contribution in [3.63, 3.8) is 0 Å². The fourth-order valence-electron chi connectivity index (χ4n) is 2.98. The van der Waals surface area contributed by atoms with Gasteiger partial charge in [0.2, 0.25) is 0 Å². The molecule has 2 amide bonds. The van der Waals surface area contributed by atoms with Crippen LogP contribution in [0.5, 0.6) is 0 Å². The molecule has 0 heterocycles. The van der Waals surface area contributed by atoms with Crippen molar-refractivity contribution < 1.29 is 27.9 Å². The Morgan fingerprint density at radius 3 is 2.56 bits per heavy atom. The third-order valence-corrected chi connectivity index (χ3v) is 4.41. The summed E-state index contributed by atoms with van der Waals surface area (Å²) >= 11 is 0. The number of nitrogens with zero attached hydrogens (tertiary/aromatic N) is 2. The number of hydrogen-bond donors (Lipinski definition) is 3. The molecule has 1 aromatic rings. The van der Waals surface area contributed by atoms with Crippen molar-refractivity contribution in [3.05, 3.63) is 29.3 Å². The number of carbonyl (C=O) groups excluding carboxylic acids is 1. The van der Waals surface area contributed by atoms with Gasteiger partial charge in [0.25, 0.3) is 0 Å². The summed E-state index contributed by atoms with van der Waals surface area (Å²) in [5.74, 6) is -0.924. The smallest absolute Gasteiger partial charge is 0.417 e. The van der Waals surface area contributed by atoms with Crippen LogP contribution in [0.25, 0.3) is 0 Å². The summed E-state index contributed by atoms with van der Waals surface area (Å²) < 4.78 is 38.8. The van der Waals surface area contributed by atoms with E-state index in [9.17, 15) is 22.8 Å². The molecule has 0 aliphatic heterocycles. The van der Waals surface area contributed by atoms with E-state index in [4.69, 9.17) is 10.4 Å². The Bertz CT molecular complexity index is 755. The van der Waals surface area contributed by atoms with E-state index < -0.39 is 29.3 Å². The molecule has 0 spiro atoms. The van der Waals surface area contributed by atoms with Gasteiger partial charge in [-0.1, -0.05) is 6.92 Å². The third-order valence-electron chi connectivity index (χ3n) is 4.41. The fourth-order valence-corrected chi connectivity index (χ4v) is 2.98. The molecule has 2 rings (SSSR count). The number of hydrogen-bond acceptors (Lipinski definition) is 4. The van der Waals surface area contributed by atoms with E-state index >= 15 is 0 Å². The molecule has 146 valence electrons. The van der Waals surface area contributed by atoms with Crippen molar-refractivity contribution in [2.45, 2.75) is 38.0 Å². The zero-order valence-corrected chi connectivity index (χ0v) is 14.5. The van der Waals surface area contributed by atoms with Gasteiger partial charge in [-0.3, -0.25) is 9.69 Å². The van der Waals surface area contributed by atoms with Crippen LogP contribution in [0.2, 0.25) is 0 Å². The van der Waals surface area contributed by atoms with Crippen molar-refractivity contribution in [3.8, 4) is 6.07 Å². The molecule has 7 nitrogen and oxygen atoms in total. The van der Waals surface area contributed by atoms with Gasteiger partial charge in [-0.25, -0.2) is 4.79 Å². The molecule has 0 saturated heterocycles. The SMILES string of the molecule is CCN(CC(=O)O)C1CC(NC(=O)Nc2ccc(C#N)c(C(F)(F)F)c2)C1. The highest BCUT2D eigenvalue weighted by Crippen LogP contribution is 2.33. The lowest BCUT2D eigenvalue weighted by atomic mass is 9.85. The molecule has 10 heteroatoms. The van der Waals surface area contributed by atoms with Gasteiger partial charge >= 0.3 is 18.2 Å². The molecule has 0 aromatic heterocycles. The summed E-state index contributed by atoms with van der Waals surface area (Å²) in [7, 11) is 0. The number of halogens is 3. The number of aliphatic carboxylic acids is 1. The van der Waals surface area contributed by atoms with Crippen LogP contribution in [0.4, 0.5) is 23.7 Å². The fraction of sp³-hybridized carbons (Fsp3) is 0.471.